The first kappa shape index (κ1) is 24.0. The Morgan fingerprint density at radius 3 is 2.45 bits per heavy atom. The number of rotatable bonds is 8. The van der Waals surface area contributed by atoms with Crippen LogP contribution in [0, 0.1) is 11.8 Å². The Morgan fingerprint density at radius 2 is 1.94 bits per heavy atom. The second-order valence-corrected chi connectivity index (χ2v) is 9.71. The van der Waals surface area contributed by atoms with Crippen molar-refractivity contribution >= 4 is 12.1 Å². The summed E-state index contributed by atoms with van der Waals surface area (Å²) >= 11 is 0. The quantitative estimate of drug-likeness (QED) is 0.353. The fourth-order valence-electron chi connectivity index (χ4n) is 4.99. The molecule has 8 nitrogen and oxygen atoms in total. The van der Waals surface area contributed by atoms with Crippen LogP contribution in [0.3, 0.4) is 0 Å². The van der Waals surface area contributed by atoms with Gasteiger partial charge in [-0.1, -0.05) is 25.5 Å². The molecule has 2 heterocycles. The highest BCUT2D eigenvalue weighted by molar-refractivity contribution is 5.81. The minimum atomic E-state index is -0.770. The van der Waals surface area contributed by atoms with Gasteiger partial charge in [0.05, 0.1) is 25.7 Å². The number of methoxy groups -OCH3 is 2. The molecule has 1 spiro atoms. The first-order valence-corrected chi connectivity index (χ1v) is 11.1. The van der Waals surface area contributed by atoms with Gasteiger partial charge < -0.3 is 29.0 Å². The highest BCUT2D eigenvalue weighted by Crippen LogP contribution is 2.59. The predicted molar refractivity (Wildman–Crippen MR) is 114 cm³/mol. The number of carbonyl (C=O) groups excluding carboxylic acids is 2. The summed E-state index contributed by atoms with van der Waals surface area (Å²) in [5.74, 6) is -0.674. The van der Waals surface area contributed by atoms with Crippen molar-refractivity contribution in [1.29, 1.82) is 0 Å². The topological polar surface area (TPSA) is 98.9 Å². The lowest BCUT2D eigenvalue weighted by atomic mass is 9.68. The van der Waals surface area contributed by atoms with Gasteiger partial charge in [0.25, 0.3) is 0 Å². The third-order valence-electron chi connectivity index (χ3n) is 6.89. The van der Waals surface area contributed by atoms with Crippen molar-refractivity contribution in [2.45, 2.75) is 89.4 Å². The molecule has 1 aliphatic carbocycles. The largest absolute Gasteiger partial charge is 0.467 e. The van der Waals surface area contributed by atoms with E-state index in [-0.39, 0.29) is 29.6 Å². The minimum Gasteiger partial charge on any atom is -0.467 e. The molecule has 0 aromatic heterocycles. The Balaban J connectivity index is 1.71. The Kier molecular flexibility index (Phi) is 7.03. The molecule has 2 saturated heterocycles. The fourth-order valence-corrected chi connectivity index (χ4v) is 4.99. The van der Waals surface area contributed by atoms with Crippen LogP contribution in [-0.4, -0.2) is 68.4 Å². The first-order valence-electron chi connectivity index (χ1n) is 11.1. The lowest BCUT2D eigenvalue weighted by Crippen LogP contribution is -2.56. The molecule has 1 saturated carbocycles. The van der Waals surface area contributed by atoms with E-state index in [1.807, 2.05) is 13.8 Å². The molecule has 1 N–H and O–H groups in total. The maximum Gasteiger partial charge on any atom is 0.408 e. The van der Waals surface area contributed by atoms with Crippen LogP contribution in [0.4, 0.5) is 4.79 Å². The van der Waals surface area contributed by atoms with Crippen molar-refractivity contribution in [2.75, 3.05) is 20.8 Å². The van der Waals surface area contributed by atoms with E-state index in [9.17, 15) is 9.59 Å². The van der Waals surface area contributed by atoms with Crippen molar-refractivity contribution in [3.05, 3.63) is 11.6 Å². The number of allylic oxidation sites excluding steroid dienone is 1. The van der Waals surface area contributed by atoms with Gasteiger partial charge in [-0.25, -0.2) is 9.59 Å². The normalized spacial score (nSPS) is 37.2. The summed E-state index contributed by atoms with van der Waals surface area (Å²) < 4.78 is 28.5. The van der Waals surface area contributed by atoms with Crippen molar-refractivity contribution < 1.29 is 33.3 Å². The summed E-state index contributed by atoms with van der Waals surface area (Å²) in [5, 5.41) is 2.64. The number of alkyl carbamates (subject to hydrolysis) is 1. The van der Waals surface area contributed by atoms with E-state index in [1.165, 1.54) is 12.7 Å². The van der Waals surface area contributed by atoms with Crippen LogP contribution in [0.1, 0.15) is 53.9 Å². The molecule has 3 aliphatic rings. The molecule has 31 heavy (non-hydrogen) atoms. The summed E-state index contributed by atoms with van der Waals surface area (Å²) in [4.78, 5) is 24.6. The monoisotopic (exact) mass is 439 g/mol. The van der Waals surface area contributed by atoms with E-state index in [4.69, 9.17) is 23.7 Å². The Labute approximate surface area is 185 Å². The number of hydrogen-bond acceptors (Lipinski definition) is 7. The Hall–Kier alpha value is -1.64. The van der Waals surface area contributed by atoms with Crippen molar-refractivity contribution in [1.82, 2.24) is 5.32 Å². The maximum atomic E-state index is 12.6. The third kappa shape index (κ3) is 4.91. The molecule has 2 aliphatic heterocycles. The van der Waals surface area contributed by atoms with Crippen LogP contribution in [0.15, 0.2) is 11.6 Å². The van der Waals surface area contributed by atoms with E-state index in [0.717, 1.165) is 12.8 Å². The zero-order valence-electron chi connectivity index (χ0n) is 19.7. The molecule has 3 fully saturated rings. The van der Waals surface area contributed by atoms with Crippen LogP contribution in [-0.2, 0) is 28.5 Å². The lowest BCUT2D eigenvalue weighted by molar-refractivity contribution is -0.144. The molecule has 3 rings (SSSR count). The minimum absolute atomic E-state index is 0.0476. The third-order valence-corrected chi connectivity index (χ3v) is 6.89. The zero-order valence-corrected chi connectivity index (χ0v) is 19.7. The average Bonchev–Trinajstić information content (AvgIpc) is 3.62. The van der Waals surface area contributed by atoms with Crippen LogP contribution in [0.25, 0.3) is 0 Å². The molecule has 0 aromatic carbocycles. The standard InChI is InChI=1S/C23H37NO7/c1-13(2)8-9-16-22(5,31-16)19-18(27-6)15(10-11-23(19)12-29-23)30-21(26)24-17(14(3)4)20(25)28-7/h8,14-19H,9-12H2,1-7H3,(H,24,26)/t15-,16-,17+,18-,19-,22-,23+/m1/s1. The van der Waals surface area contributed by atoms with Crippen LogP contribution >= 0.6 is 0 Å². The highest BCUT2D eigenvalue weighted by atomic mass is 16.6. The van der Waals surface area contributed by atoms with Crippen molar-refractivity contribution in [3.63, 3.8) is 0 Å². The molecule has 0 radical (unpaired) electrons. The highest BCUT2D eigenvalue weighted by Gasteiger charge is 2.72. The van der Waals surface area contributed by atoms with Crippen molar-refractivity contribution in [3.8, 4) is 0 Å². The van der Waals surface area contributed by atoms with Gasteiger partial charge >= 0.3 is 12.1 Å². The van der Waals surface area contributed by atoms with E-state index in [1.54, 1.807) is 7.11 Å². The van der Waals surface area contributed by atoms with E-state index in [2.05, 4.69) is 32.2 Å². The number of carbonyl (C=O) groups is 2. The Morgan fingerprint density at radius 1 is 1.26 bits per heavy atom. The molecule has 1 amide bonds. The van der Waals surface area contributed by atoms with Crippen LogP contribution in [0.5, 0.6) is 0 Å². The number of amides is 1. The van der Waals surface area contributed by atoms with Gasteiger partial charge in [-0.3, -0.25) is 0 Å². The molecule has 0 aromatic rings. The molecule has 8 heteroatoms. The van der Waals surface area contributed by atoms with Crippen molar-refractivity contribution in [2.24, 2.45) is 11.8 Å². The van der Waals surface area contributed by atoms with Gasteiger partial charge in [0.2, 0.25) is 0 Å². The van der Waals surface area contributed by atoms with Gasteiger partial charge in [0.1, 0.15) is 29.5 Å². The van der Waals surface area contributed by atoms with E-state index < -0.39 is 29.8 Å². The fraction of sp³-hybridized carbons (Fsp3) is 0.826. The molecular formula is C23H37NO7. The summed E-state index contributed by atoms with van der Waals surface area (Å²) in [7, 11) is 2.93. The summed E-state index contributed by atoms with van der Waals surface area (Å²) in [5.41, 5.74) is 0.580. The molecular weight excluding hydrogens is 402 g/mol. The lowest BCUT2D eigenvalue weighted by Gasteiger charge is -2.42. The summed E-state index contributed by atoms with van der Waals surface area (Å²) in [6.45, 7) is 10.6. The second-order valence-electron chi connectivity index (χ2n) is 9.71. The average molecular weight is 440 g/mol. The SMILES string of the molecule is COC(=O)[C@@H](NC(=O)O[C@@H]1CC[C@]2(CO2)[C@@H]([C@]2(C)O[C@@H]2CC=C(C)C)[C@@H]1OC)C(C)C. The molecule has 0 bridgehead atoms. The van der Waals surface area contributed by atoms with E-state index in [0.29, 0.717) is 13.0 Å². The number of esters is 1. The van der Waals surface area contributed by atoms with Gasteiger partial charge in [-0.05, 0) is 46.0 Å². The van der Waals surface area contributed by atoms with Gasteiger partial charge in [0, 0.05) is 7.11 Å². The van der Waals surface area contributed by atoms with Crippen LogP contribution < -0.4 is 5.32 Å². The van der Waals surface area contributed by atoms with Crippen LogP contribution in [0.2, 0.25) is 0 Å². The van der Waals surface area contributed by atoms with E-state index >= 15 is 0 Å². The number of hydrogen-bond donors (Lipinski definition) is 1. The first-order chi connectivity index (χ1) is 14.6. The second kappa shape index (κ2) is 9.08. The smallest absolute Gasteiger partial charge is 0.408 e. The predicted octanol–water partition coefficient (Wildman–Crippen LogP) is 2.99. The summed E-state index contributed by atoms with van der Waals surface area (Å²) in [6.07, 6.45) is 3.04. The maximum absolute atomic E-state index is 12.6. The zero-order chi connectivity index (χ0) is 23.0. The molecule has 0 unspecified atom stereocenters. The summed E-state index contributed by atoms with van der Waals surface area (Å²) in [6, 6.07) is -0.770. The van der Waals surface area contributed by atoms with Gasteiger partial charge in [0.15, 0.2) is 0 Å². The number of ether oxygens (including phenoxy) is 5. The van der Waals surface area contributed by atoms with Gasteiger partial charge in [-0.15, -0.1) is 0 Å². The number of epoxide rings is 2. The molecule has 7 atom stereocenters. The number of nitrogens with one attached hydrogen (secondary N) is 1. The Bertz CT molecular complexity index is 713. The van der Waals surface area contributed by atoms with Gasteiger partial charge in [-0.2, -0.15) is 0 Å². The molecule has 176 valence electrons.